The van der Waals surface area contributed by atoms with E-state index in [9.17, 15) is 9.59 Å². The third-order valence-corrected chi connectivity index (χ3v) is 3.56. The maximum Gasteiger partial charge on any atom is 0.326 e. The number of aryl methyl sites for hydroxylation is 1. The van der Waals surface area contributed by atoms with Crippen LogP contribution in [-0.4, -0.2) is 23.0 Å². The normalized spacial score (nSPS) is 12.2. The lowest BCUT2D eigenvalue weighted by atomic mass is 10.0. The van der Waals surface area contributed by atoms with Crippen LogP contribution in [0.4, 0.5) is 0 Å². The second-order valence-electron chi connectivity index (χ2n) is 5.32. The number of amides is 1. The van der Waals surface area contributed by atoms with Crippen LogP contribution in [0.15, 0.2) is 18.2 Å². The van der Waals surface area contributed by atoms with Gasteiger partial charge in [0.2, 0.25) is 5.91 Å². The fourth-order valence-corrected chi connectivity index (χ4v) is 2.43. The highest BCUT2D eigenvalue weighted by molar-refractivity contribution is 6.35. The molecule has 1 rings (SSSR count). The molecule has 6 heteroatoms. The number of carboxylic acids is 1. The molecule has 0 radical (unpaired) electrons. The summed E-state index contributed by atoms with van der Waals surface area (Å²) >= 11 is 11.8. The van der Waals surface area contributed by atoms with Crippen molar-refractivity contribution in [3.63, 3.8) is 0 Å². The number of hydrogen-bond donors (Lipinski definition) is 2. The zero-order chi connectivity index (χ0) is 16.0. The molecule has 2 N–H and O–H groups in total. The molecule has 0 saturated heterocycles. The molecule has 0 saturated carbocycles. The van der Waals surface area contributed by atoms with Gasteiger partial charge in [0.05, 0.1) is 0 Å². The fourth-order valence-electron chi connectivity index (χ4n) is 1.93. The highest BCUT2D eigenvalue weighted by Gasteiger charge is 2.20. The lowest BCUT2D eigenvalue weighted by Gasteiger charge is -2.16. The molecule has 1 unspecified atom stereocenters. The molecular formula is C15H19Cl2NO3. The minimum atomic E-state index is -1.01. The Balaban J connectivity index is 2.54. The molecular weight excluding hydrogens is 313 g/mol. The van der Waals surface area contributed by atoms with E-state index in [4.69, 9.17) is 28.3 Å². The minimum Gasteiger partial charge on any atom is -0.480 e. The molecule has 0 fully saturated rings. The molecule has 116 valence electrons. The van der Waals surface area contributed by atoms with Gasteiger partial charge in [-0.15, -0.1) is 0 Å². The van der Waals surface area contributed by atoms with E-state index < -0.39 is 12.0 Å². The fraction of sp³-hybridized carbons (Fsp3) is 0.467. The maximum absolute atomic E-state index is 11.8. The van der Waals surface area contributed by atoms with Crippen LogP contribution in [0.5, 0.6) is 0 Å². The predicted octanol–water partition coefficient (Wildman–Crippen LogP) is 3.54. The van der Waals surface area contributed by atoms with E-state index in [-0.39, 0.29) is 18.2 Å². The molecule has 0 bridgehead atoms. The Kier molecular flexibility index (Phi) is 6.99. The number of nitrogens with one attached hydrogen (secondary N) is 1. The van der Waals surface area contributed by atoms with E-state index in [1.54, 1.807) is 18.2 Å². The Morgan fingerprint density at radius 1 is 1.29 bits per heavy atom. The Morgan fingerprint density at radius 2 is 1.95 bits per heavy atom. The summed E-state index contributed by atoms with van der Waals surface area (Å²) in [5.41, 5.74) is 0.812. The lowest BCUT2D eigenvalue weighted by Crippen LogP contribution is -2.41. The number of aliphatic carboxylic acids is 1. The number of carboxylic acid groups (broad SMARTS) is 1. The number of carbonyl (C=O) groups is 2. The molecule has 0 spiro atoms. The van der Waals surface area contributed by atoms with E-state index in [0.29, 0.717) is 22.9 Å². The lowest BCUT2D eigenvalue weighted by molar-refractivity contribution is -0.142. The Bertz CT molecular complexity index is 518. The number of hydrogen-bond acceptors (Lipinski definition) is 2. The molecule has 0 aliphatic heterocycles. The monoisotopic (exact) mass is 331 g/mol. The summed E-state index contributed by atoms with van der Waals surface area (Å²) in [5, 5.41) is 12.7. The van der Waals surface area contributed by atoms with Crippen LogP contribution in [0.25, 0.3) is 0 Å². The summed E-state index contributed by atoms with van der Waals surface area (Å²) in [6.07, 6.45) is 1.03. The van der Waals surface area contributed by atoms with Gasteiger partial charge < -0.3 is 10.4 Å². The van der Waals surface area contributed by atoms with Crippen LogP contribution >= 0.6 is 23.2 Å². The third-order valence-electron chi connectivity index (χ3n) is 2.98. The predicted molar refractivity (Wildman–Crippen MR) is 83.8 cm³/mol. The van der Waals surface area contributed by atoms with Crippen LogP contribution in [0.2, 0.25) is 10.0 Å². The first-order valence-electron chi connectivity index (χ1n) is 6.75. The van der Waals surface area contributed by atoms with Gasteiger partial charge in [0, 0.05) is 16.5 Å². The second kappa shape index (κ2) is 8.25. The van der Waals surface area contributed by atoms with Crippen molar-refractivity contribution in [1.82, 2.24) is 5.32 Å². The van der Waals surface area contributed by atoms with Gasteiger partial charge in [-0.3, -0.25) is 4.79 Å². The molecule has 4 nitrogen and oxygen atoms in total. The van der Waals surface area contributed by atoms with Crippen molar-refractivity contribution in [2.24, 2.45) is 5.92 Å². The highest BCUT2D eigenvalue weighted by atomic mass is 35.5. The standard InChI is InChI=1S/C15H19Cl2NO3/c1-9(2)7-13(15(20)21)18-14(19)6-4-10-3-5-11(16)8-12(10)17/h3,5,8-9,13H,4,6-7H2,1-2H3,(H,18,19)(H,20,21). The summed E-state index contributed by atoms with van der Waals surface area (Å²) in [4.78, 5) is 22.9. The number of halogens is 2. The molecule has 0 aliphatic carbocycles. The van der Waals surface area contributed by atoms with Crippen LogP contribution in [0.3, 0.4) is 0 Å². The first kappa shape index (κ1) is 17.8. The summed E-state index contributed by atoms with van der Waals surface area (Å²) < 4.78 is 0. The summed E-state index contributed by atoms with van der Waals surface area (Å²) in [5.74, 6) is -1.12. The SMILES string of the molecule is CC(C)CC(NC(=O)CCc1ccc(Cl)cc1Cl)C(=O)O. The van der Waals surface area contributed by atoms with Crippen molar-refractivity contribution < 1.29 is 14.7 Å². The second-order valence-corrected chi connectivity index (χ2v) is 6.17. The number of benzene rings is 1. The van der Waals surface area contributed by atoms with Gasteiger partial charge in [-0.25, -0.2) is 4.79 Å². The van der Waals surface area contributed by atoms with Crippen LogP contribution in [0.1, 0.15) is 32.3 Å². The van der Waals surface area contributed by atoms with Crippen LogP contribution in [0, 0.1) is 5.92 Å². The molecule has 1 amide bonds. The van der Waals surface area contributed by atoms with Crippen molar-refractivity contribution in [1.29, 1.82) is 0 Å². The molecule has 1 aromatic carbocycles. The quantitative estimate of drug-likeness (QED) is 0.802. The van der Waals surface area contributed by atoms with Gasteiger partial charge in [-0.05, 0) is 36.5 Å². The first-order valence-corrected chi connectivity index (χ1v) is 7.51. The van der Waals surface area contributed by atoms with Gasteiger partial charge in [-0.2, -0.15) is 0 Å². The summed E-state index contributed by atoms with van der Waals surface area (Å²) in [7, 11) is 0. The number of rotatable bonds is 7. The maximum atomic E-state index is 11.8. The topological polar surface area (TPSA) is 66.4 Å². The molecule has 0 aromatic heterocycles. The first-order chi connectivity index (χ1) is 9.79. The molecule has 0 aliphatic rings. The smallest absolute Gasteiger partial charge is 0.326 e. The van der Waals surface area contributed by atoms with Gasteiger partial charge >= 0.3 is 5.97 Å². The Labute approximate surface area is 134 Å². The molecule has 0 heterocycles. The van der Waals surface area contributed by atoms with Gasteiger partial charge in [0.15, 0.2) is 0 Å². The van der Waals surface area contributed by atoms with Crippen molar-refractivity contribution >= 4 is 35.1 Å². The minimum absolute atomic E-state index is 0.184. The average molecular weight is 332 g/mol. The van der Waals surface area contributed by atoms with Crippen molar-refractivity contribution in [3.05, 3.63) is 33.8 Å². The van der Waals surface area contributed by atoms with E-state index >= 15 is 0 Å². The van der Waals surface area contributed by atoms with E-state index in [2.05, 4.69) is 5.32 Å². The molecule has 1 aromatic rings. The van der Waals surface area contributed by atoms with Gasteiger partial charge in [-0.1, -0.05) is 43.1 Å². The Hall–Kier alpha value is -1.26. The summed E-state index contributed by atoms with van der Waals surface area (Å²) in [6.45, 7) is 3.82. The largest absolute Gasteiger partial charge is 0.480 e. The zero-order valence-corrected chi connectivity index (χ0v) is 13.5. The summed E-state index contributed by atoms with van der Waals surface area (Å²) in [6, 6.07) is 4.24. The number of carbonyl (C=O) groups excluding carboxylic acids is 1. The third kappa shape index (κ3) is 6.36. The van der Waals surface area contributed by atoms with Gasteiger partial charge in [0.25, 0.3) is 0 Å². The average Bonchev–Trinajstić information content (AvgIpc) is 2.36. The zero-order valence-electron chi connectivity index (χ0n) is 12.0. The van der Waals surface area contributed by atoms with E-state index in [1.165, 1.54) is 0 Å². The van der Waals surface area contributed by atoms with E-state index in [0.717, 1.165) is 5.56 Å². The highest BCUT2D eigenvalue weighted by Crippen LogP contribution is 2.22. The van der Waals surface area contributed by atoms with Crippen LogP contribution < -0.4 is 5.32 Å². The molecule has 1 atom stereocenters. The Morgan fingerprint density at radius 3 is 2.48 bits per heavy atom. The molecule has 21 heavy (non-hydrogen) atoms. The van der Waals surface area contributed by atoms with Crippen LogP contribution in [-0.2, 0) is 16.0 Å². The van der Waals surface area contributed by atoms with Gasteiger partial charge in [0.1, 0.15) is 6.04 Å². The van der Waals surface area contributed by atoms with Crippen molar-refractivity contribution in [3.8, 4) is 0 Å². The van der Waals surface area contributed by atoms with Crippen molar-refractivity contribution in [2.45, 2.75) is 39.2 Å². The van der Waals surface area contributed by atoms with Crippen molar-refractivity contribution in [2.75, 3.05) is 0 Å². The van der Waals surface area contributed by atoms with E-state index in [1.807, 2.05) is 13.8 Å².